The van der Waals surface area contributed by atoms with E-state index in [1.165, 1.54) is 0 Å². The van der Waals surface area contributed by atoms with Crippen LogP contribution in [0.5, 0.6) is 0 Å². The topological polar surface area (TPSA) is 41.5 Å². The van der Waals surface area contributed by atoms with E-state index in [0.29, 0.717) is 19.6 Å². The molecular weight excluding hydrogens is 370 g/mol. The molecule has 1 heterocycles. The molecule has 2 atom stereocenters. The second-order valence-corrected chi connectivity index (χ2v) is 7.05. The fourth-order valence-electron chi connectivity index (χ4n) is 3.86. The van der Waals surface area contributed by atoms with E-state index in [0.717, 1.165) is 28.8 Å². The molecule has 0 saturated carbocycles. The molecule has 0 spiro atoms. The summed E-state index contributed by atoms with van der Waals surface area (Å²) in [4.78, 5) is 0. The number of halogens is 1. The minimum Gasteiger partial charge on any atom is -0.382 e. The summed E-state index contributed by atoms with van der Waals surface area (Å²) in [5, 5.41) is 15.2. The van der Waals surface area contributed by atoms with Crippen molar-refractivity contribution in [3.63, 3.8) is 0 Å². The van der Waals surface area contributed by atoms with Gasteiger partial charge in [-0.2, -0.15) is 0 Å². The largest absolute Gasteiger partial charge is 0.382 e. The molecule has 4 rings (SSSR count). The maximum atomic E-state index is 11.9. The summed E-state index contributed by atoms with van der Waals surface area (Å²) in [7, 11) is 0. The molecule has 1 aliphatic rings. The number of ether oxygens (including phenoxy) is 1. The lowest BCUT2D eigenvalue weighted by Crippen LogP contribution is -2.52. The number of hydrogen-bond acceptors (Lipinski definition) is 3. The number of hydrogen-bond donors (Lipinski definition) is 2. The molecule has 4 heteroatoms. The van der Waals surface area contributed by atoms with Crippen molar-refractivity contribution in [2.75, 3.05) is 19.7 Å². The van der Waals surface area contributed by atoms with Gasteiger partial charge in [0.15, 0.2) is 0 Å². The van der Waals surface area contributed by atoms with Gasteiger partial charge in [0, 0.05) is 19.5 Å². The van der Waals surface area contributed by atoms with Crippen molar-refractivity contribution >= 4 is 12.4 Å². The first-order valence-corrected chi connectivity index (χ1v) is 9.51. The summed E-state index contributed by atoms with van der Waals surface area (Å²) in [6, 6.07) is 28.5. The minimum absolute atomic E-state index is 0. The van der Waals surface area contributed by atoms with Crippen LogP contribution in [0.4, 0.5) is 0 Å². The molecule has 0 radical (unpaired) electrons. The molecule has 28 heavy (non-hydrogen) atoms. The van der Waals surface area contributed by atoms with Crippen LogP contribution in [0.25, 0.3) is 11.1 Å². The van der Waals surface area contributed by atoms with Gasteiger partial charge in [-0.25, -0.2) is 0 Å². The maximum absolute atomic E-state index is 11.9. The zero-order valence-electron chi connectivity index (χ0n) is 15.8. The fraction of sp³-hybridized carbons (Fsp3) is 0.250. The summed E-state index contributed by atoms with van der Waals surface area (Å²) in [5.41, 5.74) is 3.22. The summed E-state index contributed by atoms with van der Waals surface area (Å²) < 4.78 is 6.00. The molecule has 0 aromatic heterocycles. The van der Waals surface area contributed by atoms with Crippen molar-refractivity contribution in [3.8, 4) is 11.1 Å². The first-order valence-electron chi connectivity index (χ1n) is 9.51. The lowest BCUT2D eigenvalue weighted by molar-refractivity contribution is -0.124. The third-order valence-corrected chi connectivity index (χ3v) is 5.30. The summed E-state index contributed by atoms with van der Waals surface area (Å²) in [6.45, 7) is 2.07. The number of nitrogens with one attached hydrogen (secondary N) is 1. The highest BCUT2D eigenvalue weighted by Crippen LogP contribution is 2.35. The van der Waals surface area contributed by atoms with Crippen molar-refractivity contribution in [2.24, 2.45) is 0 Å². The van der Waals surface area contributed by atoms with Crippen molar-refractivity contribution in [2.45, 2.75) is 18.1 Å². The van der Waals surface area contributed by atoms with Gasteiger partial charge in [-0.15, -0.1) is 12.4 Å². The predicted octanol–water partition coefficient (Wildman–Crippen LogP) is 4.19. The van der Waals surface area contributed by atoms with Gasteiger partial charge in [0.1, 0.15) is 11.7 Å². The van der Waals surface area contributed by atoms with Gasteiger partial charge in [-0.1, -0.05) is 84.9 Å². The molecule has 0 amide bonds. The average molecular weight is 396 g/mol. The van der Waals surface area contributed by atoms with E-state index >= 15 is 0 Å². The van der Waals surface area contributed by atoms with Gasteiger partial charge >= 0.3 is 0 Å². The summed E-state index contributed by atoms with van der Waals surface area (Å²) >= 11 is 0. The normalized spacial score (nSPS) is 18.7. The van der Waals surface area contributed by atoms with E-state index in [-0.39, 0.29) is 18.5 Å². The Kier molecular flexibility index (Phi) is 6.87. The van der Waals surface area contributed by atoms with Gasteiger partial charge in [0.05, 0.1) is 6.61 Å². The Hall–Kier alpha value is -2.17. The Labute approximate surface area is 172 Å². The number of aliphatic hydroxyl groups is 1. The SMILES string of the molecule is Cl.O[C@](Cc1ccccc1-c1ccccc1)(c1ccccc1)C1CNCCO1. The van der Waals surface area contributed by atoms with Crippen molar-refractivity contribution in [3.05, 3.63) is 96.1 Å². The van der Waals surface area contributed by atoms with Gasteiger partial charge in [0.2, 0.25) is 0 Å². The van der Waals surface area contributed by atoms with Crippen LogP contribution in [0, 0.1) is 0 Å². The molecule has 1 unspecified atom stereocenters. The van der Waals surface area contributed by atoms with Crippen LogP contribution in [-0.4, -0.2) is 30.9 Å². The van der Waals surface area contributed by atoms with Crippen LogP contribution in [-0.2, 0) is 16.8 Å². The lowest BCUT2D eigenvalue weighted by Gasteiger charge is -2.39. The first-order chi connectivity index (χ1) is 13.3. The van der Waals surface area contributed by atoms with E-state index in [1.54, 1.807) is 0 Å². The third-order valence-electron chi connectivity index (χ3n) is 5.30. The van der Waals surface area contributed by atoms with Crippen LogP contribution >= 0.6 is 12.4 Å². The van der Waals surface area contributed by atoms with Crippen molar-refractivity contribution in [1.82, 2.24) is 5.32 Å². The fourth-order valence-corrected chi connectivity index (χ4v) is 3.86. The predicted molar refractivity (Wildman–Crippen MR) is 116 cm³/mol. The Morgan fingerprint density at radius 1 is 0.893 bits per heavy atom. The maximum Gasteiger partial charge on any atom is 0.121 e. The Bertz CT molecular complexity index is 866. The first kappa shape index (κ1) is 20.6. The molecule has 3 aromatic carbocycles. The van der Waals surface area contributed by atoms with E-state index in [9.17, 15) is 5.11 Å². The molecule has 1 aliphatic heterocycles. The lowest BCUT2D eigenvalue weighted by atomic mass is 9.80. The highest BCUT2D eigenvalue weighted by atomic mass is 35.5. The molecule has 1 fully saturated rings. The van der Waals surface area contributed by atoms with Crippen molar-refractivity contribution in [1.29, 1.82) is 0 Å². The Morgan fingerprint density at radius 3 is 2.21 bits per heavy atom. The average Bonchev–Trinajstić information content (AvgIpc) is 2.76. The van der Waals surface area contributed by atoms with Crippen molar-refractivity contribution < 1.29 is 9.84 Å². The molecular formula is C24H26ClNO2. The second kappa shape index (κ2) is 9.35. The standard InChI is InChI=1S/C24H25NO2.ClH/c26-24(21-12-5-2-6-13-21,23-18-25-15-16-27-23)17-20-11-7-8-14-22(20)19-9-3-1-4-10-19;/h1-14,23,25-26H,15-18H2;1H/t23?,24-;/m1./s1. The smallest absolute Gasteiger partial charge is 0.121 e. The van der Waals surface area contributed by atoms with E-state index in [4.69, 9.17) is 4.74 Å². The highest BCUT2D eigenvalue weighted by molar-refractivity contribution is 5.85. The molecule has 3 nitrogen and oxygen atoms in total. The van der Waals surface area contributed by atoms with Crippen LogP contribution in [0.3, 0.4) is 0 Å². The van der Waals surface area contributed by atoms with Crippen LogP contribution < -0.4 is 5.32 Å². The zero-order chi connectivity index (χ0) is 18.5. The van der Waals surface area contributed by atoms with Gasteiger partial charge in [-0.3, -0.25) is 0 Å². The molecule has 146 valence electrons. The number of rotatable bonds is 5. The quantitative estimate of drug-likeness (QED) is 0.680. The molecule has 2 N–H and O–H groups in total. The molecule has 0 aliphatic carbocycles. The van der Waals surface area contributed by atoms with Crippen LogP contribution in [0.2, 0.25) is 0 Å². The van der Waals surface area contributed by atoms with E-state index in [1.807, 2.05) is 60.7 Å². The monoisotopic (exact) mass is 395 g/mol. The Morgan fingerprint density at radius 2 is 1.54 bits per heavy atom. The number of morpholine rings is 1. The third kappa shape index (κ3) is 4.29. The Balaban J connectivity index is 0.00000225. The minimum atomic E-state index is -1.10. The van der Waals surface area contributed by atoms with Crippen LogP contribution in [0.1, 0.15) is 11.1 Å². The highest BCUT2D eigenvalue weighted by Gasteiger charge is 2.40. The molecule has 0 bridgehead atoms. The second-order valence-electron chi connectivity index (χ2n) is 7.05. The molecule has 3 aromatic rings. The van der Waals surface area contributed by atoms with E-state index in [2.05, 4.69) is 29.6 Å². The van der Waals surface area contributed by atoms with Gasteiger partial charge in [-0.05, 0) is 22.3 Å². The summed E-state index contributed by atoms with van der Waals surface area (Å²) in [5.74, 6) is 0. The summed E-state index contributed by atoms with van der Waals surface area (Å²) in [6.07, 6.45) is 0.200. The zero-order valence-corrected chi connectivity index (χ0v) is 16.6. The molecule has 1 saturated heterocycles. The van der Waals surface area contributed by atoms with E-state index < -0.39 is 5.60 Å². The van der Waals surface area contributed by atoms with Gasteiger partial charge in [0.25, 0.3) is 0 Å². The van der Waals surface area contributed by atoms with Crippen LogP contribution in [0.15, 0.2) is 84.9 Å². The number of benzene rings is 3. The van der Waals surface area contributed by atoms with Gasteiger partial charge < -0.3 is 15.2 Å².